The van der Waals surface area contributed by atoms with E-state index in [0.717, 1.165) is 11.1 Å². The van der Waals surface area contributed by atoms with E-state index >= 15 is 0 Å². The van der Waals surface area contributed by atoms with Crippen molar-refractivity contribution in [2.24, 2.45) is 11.8 Å². The SMILES string of the molecule is O=C1C[C@H]2[C@@H](/C=C/C3(COc4ccccc4)OCCO3)[C@@H](OC(=O)c3ccc(-c4ccccc4)cc3)C[C@@H]2O1. The van der Waals surface area contributed by atoms with E-state index in [1.807, 2.05) is 84.9 Å². The first kappa shape index (κ1) is 25.3. The van der Waals surface area contributed by atoms with Gasteiger partial charge in [-0.1, -0.05) is 66.7 Å². The van der Waals surface area contributed by atoms with Crippen LogP contribution in [0.4, 0.5) is 0 Å². The van der Waals surface area contributed by atoms with Gasteiger partial charge in [-0.2, -0.15) is 0 Å². The minimum atomic E-state index is -1.06. The number of fused-ring (bicyclic) bond motifs is 1. The Labute approximate surface area is 227 Å². The molecule has 200 valence electrons. The lowest BCUT2D eigenvalue weighted by Gasteiger charge is -2.26. The van der Waals surface area contributed by atoms with E-state index in [-0.39, 0.29) is 36.9 Å². The van der Waals surface area contributed by atoms with Gasteiger partial charge < -0.3 is 23.7 Å². The summed E-state index contributed by atoms with van der Waals surface area (Å²) in [5.41, 5.74) is 2.58. The molecule has 0 spiro atoms. The first-order valence-corrected chi connectivity index (χ1v) is 13.3. The summed E-state index contributed by atoms with van der Waals surface area (Å²) < 4.78 is 29.4. The smallest absolute Gasteiger partial charge is 0.338 e. The molecule has 39 heavy (non-hydrogen) atoms. The van der Waals surface area contributed by atoms with Crippen LogP contribution in [0.2, 0.25) is 0 Å². The van der Waals surface area contributed by atoms with E-state index in [4.69, 9.17) is 23.7 Å². The number of ether oxygens (including phenoxy) is 5. The van der Waals surface area contributed by atoms with E-state index in [2.05, 4.69) is 0 Å². The molecule has 3 aromatic rings. The predicted molar refractivity (Wildman–Crippen MR) is 143 cm³/mol. The van der Waals surface area contributed by atoms with Crippen molar-refractivity contribution in [2.45, 2.75) is 30.8 Å². The minimum absolute atomic E-state index is 0.0829. The largest absolute Gasteiger partial charge is 0.488 e. The summed E-state index contributed by atoms with van der Waals surface area (Å²) in [6, 6.07) is 26.8. The summed E-state index contributed by atoms with van der Waals surface area (Å²) in [5.74, 6) is -1.28. The van der Waals surface area contributed by atoms with E-state index < -0.39 is 17.9 Å². The highest BCUT2D eigenvalue weighted by Crippen LogP contribution is 2.44. The second-order valence-electron chi connectivity index (χ2n) is 10.1. The summed E-state index contributed by atoms with van der Waals surface area (Å²) in [5, 5.41) is 0. The Morgan fingerprint density at radius 1 is 0.897 bits per heavy atom. The molecule has 0 radical (unpaired) electrons. The van der Waals surface area contributed by atoms with Gasteiger partial charge in [0.05, 0.1) is 25.2 Å². The van der Waals surface area contributed by atoms with Gasteiger partial charge >= 0.3 is 11.9 Å². The van der Waals surface area contributed by atoms with Crippen molar-refractivity contribution in [1.82, 2.24) is 0 Å². The van der Waals surface area contributed by atoms with E-state index in [1.54, 1.807) is 12.1 Å². The molecule has 3 aliphatic rings. The number of para-hydroxylation sites is 1. The number of esters is 2. The van der Waals surface area contributed by atoms with Gasteiger partial charge in [-0.25, -0.2) is 4.79 Å². The van der Waals surface area contributed by atoms with Gasteiger partial charge in [-0.3, -0.25) is 4.79 Å². The summed E-state index contributed by atoms with van der Waals surface area (Å²) in [6.45, 7) is 1.05. The van der Waals surface area contributed by atoms with Crippen LogP contribution >= 0.6 is 0 Å². The van der Waals surface area contributed by atoms with Crippen LogP contribution < -0.4 is 4.74 Å². The summed E-state index contributed by atoms with van der Waals surface area (Å²) in [7, 11) is 0. The van der Waals surface area contributed by atoms with Crippen LogP contribution in [0.1, 0.15) is 23.2 Å². The average Bonchev–Trinajstić information content (AvgIpc) is 3.67. The fourth-order valence-electron chi connectivity index (χ4n) is 5.58. The molecule has 7 nitrogen and oxygen atoms in total. The maximum atomic E-state index is 13.1. The molecule has 2 saturated heterocycles. The summed E-state index contributed by atoms with van der Waals surface area (Å²) >= 11 is 0. The summed E-state index contributed by atoms with van der Waals surface area (Å²) in [6.07, 6.45) is 3.80. The summed E-state index contributed by atoms with van der Waals surface area (Å²) in [4.78, 5) is 25.2. The second kappa shape index (κ2) is 11.0. The molecular formula is C32H30O7. The molecule has 3 fully saturated rings. The maximum absolute atomic E-state index is 13.1. The molecule has 6 rings (SSSR count). The average molecular weight is 527 g/mol. The number of benzene rings is 3. The first-order chi connectivity index (χ1) is 19.1. The van der Waals surface area contributed by atoms with Crippen molar-refractivity contribution in [3.8, 4) is 16.9 Å². The molecule has 2 heterocycles. The zero-order chi connectivity index (χ0) is 26.7. The monoisotopic (exact) mass is 526 g/mol. The number of hydrogen-bond donors (Lipinski definition) is 0. The third-order valence-corrected chi connectivity index (χ3v) is 7.57. The molecule has 1 saturated carbocycles. The van der Waals surface area contributed by atoms with Crippen molar-refractivity contribution < 1.29 is 33.3 Å². The fourth-order valence-corrected chi connectivity index (χ4v) is 5.58. The topological polar surface area (TPSA) is 80.3 Å². The van der Waals surface area contributed by atoms with Crippen molar-refractivity contribution in [2.75, 3.05) is 19.8 Å². The molecule has 0 N–H and O–H groups in total. The highest BCUT2D eigenvalue weighted by atomic mass is 16.8. The zero-order valence-corrected chi connectivity index (χ0v) is 21.4. The van der Waals surface area contributed by atoms with Crippen LogP contribution in [0.15, 0.2) is 97.1 Å². The number of carbonyl (C=O) groups excluding carboxylic acids is 2. The number of rotatable bonds is 8. The molecule has 1 aliphatic carbocycles. The Balaban J connectivity index is 1.17. The fraction of sp³-hybridized carbons (Fsp3) is 0.312. The van der Waals surface area contributed by atoms with E-state index in [1.165, 1.54) is 0 Å². The van der Waals surface area contributed by atoms with Gasteiger partial charge in [-0.15, -0.1) is 0 Å². The molecule has 0 aromatic heterocycles. The van der Waals surface area contributed by atoms with Crippen molar-refractivity contribution >= 4 is 11.9 Å². The van der Waals surface area contributed by atoms with Crippen LogP contribution in [-0.2, 0) is 23.7 Å². The third kappa shape index (κ3) is 5.60. The standard InChI is InChI=1S/C32H30O7/c33-30-19-27-26(15-16-32(36-17-18-37-32)21-35-25-9-5-2-6-10-25)28(20-29(27)38-30)39-31(34)24-13-11-23(12-14-24)22-7-3-1-4-8-22/h1-16,26-29H,17-21H2/b16-15+/t26-,27+,28+,29+/m1/s1. The highest BCUT2D eigenvalue weighted by molar-refractivity contribution is 5.90. The molecule has 0 bridgehead atoms. The Hall–Kier alpha value is -3.94. The third-order valence-electron chi connectivity index (χ3n) is 7.57. The van der Waals surface area contributed by atoms with Gasteiger partial charge in [0.1, 0.15) is 24.6 Å². The van der Waals surface area contributed by atoms with Crippen molar-refractivity contribution in [3.63, 3.8) is 0 Å². The van der Waals surface area contributed by atoms with Gasteiger partial charge in [0.15, 0.2) is 0 Å². The Morgan fingerprint density at radius 2 is 1.56 bits per heavy atom. The molecule has 7 heteroatoms. The van der Waals surface area contributed by atoms with Gasteiger partial charge in [0, 0.05) is 18.3 Å². The number of hydrogen-bond acceptors (Lipinski definition) is 7. The van der Waals surface area contributed by atoms with E-state index in [9.17, 15) is 9.59 Å². The molecule has 3 aromatic carbocycles. The van der Waals surface area contributed by atoms with Crippen LogP contribution in [0.3, 0.4) is 0 Å². The lowest BCUT2D eigenvalue weighted by molar-refractivity contribution is -0.141. The molecule has 2 aliphatic heterocycles. The quantitative estimate of drug-likeness (QED) is 0.295. The first-order valence-electron chi connectivity index (χ1n) is 13.3. The van der Waals surface area contributed by atoms with E-state index in [0.29, 0.717) is 30.9 Å². The maximum Gasteiger partial charge on any atom is 0.338 e. The lowest BCUT2D eigenvalue weighted by atomic mass is 9.91. The van der Waals surface area contributed by atoms with Gasteiger partial charge in [0.25, 0.3) is 0 Å². The van der Waals surface area contributed by atoms with Crippen LogP contribution in [-0.4, -0.2) is 49.8 Å². The van der Waals surface area contributed by atoms with Crippen LogP contribution in [0, 0.1) is 11.8 Å². The molecular weight excluding hydrogens is 496 g/mol. The molecule has 0 unspecified atom stereocenters. The Bertz CT molecular complexity index is 1310. The lowest BCUT2D eigenvalue weighted by Crippen LogP contribution is -2.36. The molecule has 0 amide bonds. The highest BCUT2D eigenvalue weighted by Gasteiger charge is 2.51. The molecule has 4 atom stereocenters. The number of carbonyl (C=O) groups is 2. The van der Waals surface area contributed by atoms with Crippen LogP contribution in [0.5, 0.6) is 5.75 Å². The Kier molecular flexibility index (Phi) is 7.18. The zero-order valence-electron chi connectivity index (χ0n) is 21.4. The van der Waals surface area contributed by atoms with Crippen LogP contribution in [0.25, 0.3) is 11.1 Å². The predicted octanol–water partition coefficient (Wildman–Crippen LogP) is 5.21. The minimum Gasteiger partial charge on any atom is -0.488 e. The van der Waals surface area contributed by atoms with Gasteiger partial charge in [-0.05, 0) is 41.5 Å². The van der Waals surface area contributed by atoms with Crippen molar-refractivity contribution in [1.29, 1.82) is 0 Å². The second-order valence-corrected chi connectivity index (χ2v) is 10.1. The van der Waals surface area contributed by atoms with Crippen molar-refractivity contribution in [3.05, 3.63) is 103 Å². The Morgan fingerprint density at radius 3 is 2.28 bits per heavy atom. The van der Waals surface area contributed by atoms with Gasteiger partial charge in [0.2, 0.25) is 5.79 Å². The normalized spacial score (nSPS) is 25.4.